The number of pyridine rings is 3. The SMILES string of the molecule is C[C@H]1CCn2ccc(=O)c3cc(F)c(nc32)-n2c(=O)[nH]c3nccc(c32)O1. The Labute approximate surface area is 150 Å². The molecule has 4 aromatic heterocycles. The molecule has 1 aliphatic rings. The zero-order valence-electron chi connectivity index (χ0n) is 14.3. The summed E-state index contributed by atoms with van der Waals surface area (Å²) in [6.45, 7) is 2.43. The van der Waals surface area contributed by atoms with Crippen molar-refractivity contribution < 1.29 is 9.13 Å². The van der Waals surface area contributed by atoms with Crippen LogP contribution in [0, 0.1) is 5.82 Å². The van der Waals surface area contributed by atoms with Gasteiger partial charge in [-0.3, -0.25) is 9.78 Å². The largest absolute Gasteiger partial charge is 0.488 e. The van der Waals surface area contributed by atoms with E-state index < -0.39 is 11.5 Å². The van der Waals surface area contributed by atoms with Crippen molar-refractivity contribution in [1.82, 2.24) is 24.1 Å². The lowest BCUT2D eigenvalue weighted by atomic mass is 10.2. The fourth-order valence-electron chi connectivity index (χ4n) is 3.42. The summed E-state index contributed by atoms with van der Waals surface area (Å²) in [7, 11) is 0. The molecule has 1 aliphatic heterocycles. The van der Waals surface area contributed by atoms with E-state index in [1.807, 2.05) is 6.92 Å². The molecule has 0 saturated heterocycles. The molecule has 0 aliphatic carbocycles. The van der Waals surface area contributed by atoms with Crippen molar-refractivity contribution in [2.24, 2.45) is 0 Å². The minimum absolute atomic E-state index is 0.165. The van der Waals surface area contributed by atoms with E-state index in [0.29, 0.717) is 29.9 Å². The molecule has 0 saturated carbocycles. The Bertz CT molecular complexity index is 1340. The van der Waals surface area contributed by atoms with Gasteiger partial charge in [0.2, 0.25) is 0 Å². The van der Waals surface area contributed by atoms with Crippen molar-refractivity contribution >= 4 is 22.2 Å². The first-order valence-corrected chi connectivity index (χ1v) is 8.49. The molecular weight excluding hydrogens is 353 g/mol. The number of halogens is 1. The van der Waals surface area contributed by atoms with Gasteiger partial charge in [-0.25, -0.2) is 23.7 Å². The van der Waals surface area contributed by atoms with Gasteiger partial charge in [0.05, 0.1) is 11.5 Å². The zero-order chi connectivity index (χ0) is 18.7. The minimum Gasteiger partial charge on any atom is -0.488 e. The molecule has 27 heavy (non-hydrogen) atoms. The Morgan fingerprint density at radius 1 is 1.33 bits per heavy atom. The zero-order valence-corrected chi connectivity index (χ0v) is 14.3. The number of nitrogens with zero attached hydrogens (tertiary/aromatic N) is 4. The van der Waals surface area contributed by atoms with Crippen molar-refractivity contribution in [2.45, 2.75) is 26.0 Å². The monoisotopic (exact) mass is 367 g/mol. The van der Waals surface area contributed by atoms with Crippen LogP contribution in [-0.4, -0.2) is 30.2 Å². The topological polar surface area (TPSA) is 94.8 Å². The standard InChI is InChI=1S/C18H14FN5O3/c1-9-3-6-23-7-4-12(25)10-8-11(19)17(22-16(10)23)24-14-13(27-9)2-5-20-15(14)21-18(24)26/h2,4-5,7-9H,3,6H2,1H3,(H,20,21,26)/t9-/m0/s1. The third kappa shape index (κ3) is 2.28. The van der Waals surface area contributed by atoms with Crippen LogP contribution in [0.1, 0.15) is 13.3 Å². The predicted octanol–water partition coefficient (Wildman–Crippen LogP) is 1.73. The average Bonchev–Trinajstić information content (AvgIpc) is 2.96. The molecule has 1 N–H and O–H groups in total. The van der Waals surface area contributed by atoms with E-state index in [1.165, 1.54) is 12.3 Å². The van der Waals surface area contributed by atoms with E-state index >= 15 is 0 Å². The average molecular weight is 367 g/mol. The third-order valence-corrected chi connectivity index (χ3v) is 4.74. The molecule has 136 valence electrons. The van der Waals surface area contributed by atoms with Gasteiger partial charge in [0, 0.05) is 37.5 Å². The number of aryl methyl sites for hydroxylation is 1. The van der Waals surface area contributed by atoms with Crippen LogP contribution in [0.25, 0.3) is 28.0 Å². The smallest absolute Gasteiger partial charge is 0.333 e. The van der Waals surface area contributed by atoms with Gasteiger partial charge >= 0.3 is 5.69 Å². The first kappa shape index (κ1) is 15.7. The quantitative estimate of drug-likeness (QED) is 0.511. The highest BCUT2D eigenvalue weighted by Crippen LogP contribution is 2.28. The van der Waals surface area contributed by atoms with E-state index in [-0.39, 0.29) is 28.4 Å². The number of rotatable bonds is 0. The normalized spacial score (nSPS) is 16.4. The van der Waals surface area contributed by atoms with Gasteiger partial charge < -0.3 is 9.30 Å². The summed E-state index contributed by atoms with van der Waals surface area (Å²) in [5, 5.41) is 0.165. The molecule has 5 rings (SSSR count). The highest BCUT2D eigenvalue weighted by atomic mass is 19.1. The van der Waals surface area contributed by atoms with Crippen LogP contribution >= 0.6 is 0 Å². The maximum absolute atomic E-state index is 14.9. The number of aromatic nitrogens is 5. The van der Waals surface area contributed by atoms with Crippen LogP contribution in [0.3, 0.4) is 0 Å². The molecule has 0 fully saturated rings. The highest BCUT2D eigenvalue weighted by Gasteiger charge is 2.22. The summed E-state index contributed by atoms with van der Waals surface area (Å²) < 4.78 is 23.8. The Morgan fingerprint density at radius 2 is 2.19 bits per heavy atom. The Hall–Kier alpha value is -3.49. The van der Waals surface area contributed by atoms with Crippen molar-refractivity contribution in [2.75, 3.05) is 0 Å². The molecule has 0 spiro atoms. The number of nitrogens with one attached hydrogen (secondary N) is 1. The fraction of sp³-hybridized carbons (Fsp3) is 0.222. The van der Waals surface area contributed by atoms with Crippen LogP contribution in [0.15, 0.2) is 40.2 Å². The second-order valence-electron chi connectivity index (χ2n) is 6.53. The van der Waals surface area contributed by atoms with E-state index in [1.54, 1.807) is 16.8 Å². The summed E-state index contributed by atoms with van der Waals surface area (Å²) >= 11 is 0. The van der Waals surface area contributed by atoms with Crippen LogP contribution in [-0.2, 0) is 6.54 Å². The summed E-state index contributed by atoms with van der Waals surface area (Å²) in [6, 6.07) is 4.14. The number of hydrogen-bond acceptors (Lipinski definition) is 5. The number of hydrogen-bond donors (Lipinski definition) is 1. The van der Waals surface area contributed by atoms with Crippen molar-refractivity contribution in [1.29, 1.82) is 0 Å². The van der Waals surface area contributed by atoms with Crippen molar-refractivity contribution in [3.8, 4) is 11.6 Å². The van der Waals surface area contributed by atoms with Crippen LogP contribution < -0.4 is 15.9 Å². The second-order valence-corrected chi connectivity index (χ2v) is 6.53. The molecule has 0 unspecified atom stereocenters. The van der Waals surface area contributed by atoms with E-state index in [4.69, 9.17) is 4.74 Å². The summed E-state index contributed by atoms with van der Waals surface area (Å²) in [5.74, 6) is -0.569. The van der Waals surface area contributed by atoms with Gasteiger partial charge in [0.25, 0.3) is 0 Å². The molecule has 9 heteroatoms. The van der Waals surface area contributed by atoms with Gasteiger partial charge in [-0.2, -0.15) is 0 Å². The fourth-order valence-corrected chi connectivity index (χ4v) is 3.42. The van der Waals surface area contributed by atoms with E-state index in [9.17, 15) is 14.0 Å². The number of aromatic amines is 1. The number of ether oxygens (including phenoxy) is 1. The number of H-pyrrole nitrogens is 1. The maximum atomic E-state index is 14.9. The Morgan fingerprint density at radius 3 is 3.04 bits per heavy atom. The van der Waals surface area contributed by atoms with Gasteiger partial charge in [0.15, 0.2) is 22.7 Å². The Kier molecular flexibility index (Phi) is 3.21. The molecular formula is C18H14FN5O3. The molecule has 0 radical (unpaired) electrons. The minimum atomic E-state index is -0.776. The van der Waals surface area contributed by atoms with Crippen LogP contribution in [0.5, 0.6) is 5.75 Å². The number of fused-ring (bicyclic) bond motifs is 2. The summed E-state index contributed by atoms with van der Waals surface area (Å²) in [6.07, 6.45) is 3.58. The second kappa shape index (κ2) is 5.50. The lowest BCUT2D eigenvalue weighted by Crippen LogP contribution is -2.19. The van der Waals surface area contributed by atoms with E-state index in [2.05, 4.69) is 15.0 Å². The van der Waals surface area contributed by atoms with Gasteiger partial charge in [0.1, 0.15) is 16.9 Å². The molecule has 5 heterocycles. The molecule has 0 aromatic carbocycles. The first-order valence-electron chi connectivity index (χ1n) is 8.49. The first-order chi connectivity index (χ1) is 13.0. The van der Waals surface area contributed by atoms with Gasteiger partial charge in [-0.15, -0.1) is 0 Å². The summed E-state index contributed by atoms with van der Waals surface area (Å²) in [4.78, 5) is 35.8. The molecule has 0 amide bonds. The molecule has 2 bridgehead atoms. The third-order valence-electron chi connectivity index (χ3n) is 4.74. The van der Waals surface area contributed by atoms with Crippen LogP contribution in [0.2, 0.25) is 0 Å². The summed E-state index contributed by atoms with van der Waals surface area (Å²) in [5.41, 5.74) is -0.00904. The number of imidazole rings is 1. The predicted molar refractivity (Wildman–Crippen MR) is 95.9 cm³/mol. The molecule has 4 aromatic rings. The highest BCUT2D eigenvalue weighted by molar-refractivity contribution is 5.81. The maximum Gasteiger partial charge on any atom is 0.333 e. The van der Waals surface area contributed by atoms with Gasteiger partial charge in [-0.05, 0) is 13.0 Å². The van der Waals surface area contributed by atoms with Gasteiger partial charge in [-0.1, -0.05) is 0 Å². The molecule has 8 nitrogen and oxygen atoms in total. The lowest BCUT2D eigenvalue weighted by Gasteiger charge is -2.16. The lowest BCUT2D eigenvalue weighted by molar-refractivity contribution is 0.206. The molecule has 1 atom stereocenters. The van der Waals surface area contributed by atoms with Crippen molar-refractivity contribution in [3.05, 3.63) is 57.1 Å². The van der Waals surface area contributed by atoms with Crippen molar-refractivity contribution in [3.63, 3.8) is 0 Å². The van der Waals surface area contributed by atoms with Crippen LogP contribution in [0.4, 0.5) is 4.39 Å². The van der Waals surface area contributed by atoms with E-state index in [0.717, 1.165) is 10.6 Å². The Balaban J connectivity index is 1.98.